The molecule has 0 aliphatic heterocycles. The van der Waals surface area contributed by atoms with Gasteiger partial charge in [0.1, 0.15) is 11.5 Å². The van der Waals surface area contributed by atoms with Crippen LogP contribution in [0.5, 0.6) is 23.0 Å². The van der Waals surface area contributed by atoms with Crippen molar-refractivity contribution in [3.05, 3.63) is 287 Å². The number of rotatable bonds is 15. The van der Waals surface area contributed by atoms with Gasteiger partial charge in [0.05, 0.1) is 5.02 Å². The smallest absolute Gasteiger partial charge is 0.0134 e. The molecule has 0 atom stereocenters. The Morgan fingerprint density at radius 3 is 1.05 bits per heavy atom. The fraction of sp³-hybridized carbons (Fsp3) is 0.0882. The number of aryl methyl sites for hydroxylation is 2. The summed E-state index contributed by atoms with van der Waals surface area (Å²) in [5, 5.41) is 7.60. The Labute approximate surface area is 523 Å². The molecule has 440 valence electrons. The molecule has 18 heteroatoms. The van der Waals surface area contributed by atoms with Crippen molar-refractivity contribution in [1.29, 1.82) is 0 Å². The number of amides is 2. The molecule has 0 heterocycles. The van der Waals surface area contributed by atoms with Crippen LogP contribution in [0.1, 0.15) is 22.3 Å². The van der Waals surface area contributed by atoms with E-state index >= 15 is 0 Å². The zero-order valence-electron chi connectivity index (χ0n) is 46.0. The molecule has 0 aliphatic rings. The van der Waals surface area contributed by atoms with Crippen molar-refractivity contribution in [3.8, 4) is 23.0 Å². The number of halogens is 10. The number of carbonyl (C=O) groups is 2. The van der Waals surface area contributed by atoms with E-state index in [0.717, 1.165) is 27.0 Å². The summed E-state index contributed by atoms with van der Waals surface area (Å²) in [4.78, 5) is 23.3. The summed E-state index contributed by atoms with van der Waals surface area (Å²) >= 11 is 20.1. The predicted molar refractivity (Wildman–Crippen MR) is 350 cm³/mol. The summed E-state index contributed by atoms with van der Waals surface area (Å²) in [5.74, 6) is -2.58. The van der Waals surface area contributed by atoms with E-state index < -0.39 is 37.4 Å². The fourth-order valence-corrected chi connectivity index (χ4v) is 19.9. The van der Waals surface area contributed by atoms with Crippen LogP contribution < -0.4 is 51.9 Å². The molecule has 0 radical (unpaired) electrons. The second kappa shape index (κ2) is 28.9. The van der Waals surface area contributed by atoms with Crippen LogP contribution in [-0.4, -0.2) is 24.2 Å². The molecule has 0 spiro atoms. The van der Waals surface area contributed by atoms with Crippen LogP contribution in [0.2, 0.25) is 10.0 Å². The quantitative estimate of drug-likeness (QED) is 0.0609. The SMILES string of the molecule is Cc1ccc(Oc2cc(CBr)c(NC(=O)C(F)(F)F)cc2Cl)cc1.Cc1ccc(Oc2cc(CP(Br)(c3ccccc3)(c3ccccc3)c3ccccc3)c(NC(=O)C(F)(F)F)cc2Cl)cc1.c1ccc(P(c2ccccc2)c2ccccc2)cc1. The number of ether oxygens (including phenoxy) is 2. The van der Waals surface area contributed by atoms with E-state index in [0.29, 0.717) is 22.6 Å². The molecule has 0 aromatic heterocycles. The van der Waals surface area contributed by atoms with Crippen LogP contribution in [0.3, 0.4) is 0 Å². The van der Waals surface area contributed by atoms with Crippen LogP contribution in [0.25, 0.3) is 0 Å². The van der Waals surface area contributed by atoms with E-state index in [4.69, 9.17) is 32.7 Å². The molecule has 0 saturated carbocycles. The zero-order chi connectivity index (χ0) is 61.5. The maximum atomic E-state index is 13.5. The molecular weight excluding hydrogens is 1320 g/mol. The number of benzene rings is 10. The number of carbonyl (C=O) groups excluding carboxylic acids is 2. The molecule has 2 N–H and O–H groups in total. The summed E-state index contributed by atoms with van der Waals surface area (Å²) in [6.45, 7) is 3.88. The van der Waals surface area contributed by atoms with Crippen molar-refractivity contribution in [2.24, 2.45) is 0 Å². The van der Waals surface area contributed by atoms with E-state index in [2.05, 4.69) is 128 Å². The maximum Gasteiger partial charge on any atom is -0.0134 e. The number of anilines is 2. The third-order valence-electron chi connectivity index (χ3n) is 13.4. The monoisotopic (exact) mass is 1370 g/mol. The second-order valence-corrected chi connectivity index (χ2v) is 32.0. The molecule has 0 saturated heterocycles. The Morgan fingerprint density at radius 1 is 0.453 bits per heavy atom. The first-order valence-corrected chi connectivity index (χ1v) is 34.1. The Hall–Kier alpha value is -7.28. The average molecular weight is 1370 g/mol. The van der Waals surface area contributed by atoms with E-state index in [1.165, 1.54) is 34.1 Å². The molecule has 86 heavy (non-hydrogen) atoms. The fourth-order valence-electron chi connectivity index (χ4n) is 9.11. The molecule has 0 fully saturated rings. The minimum absolute atomic E-state index is 0.0320. The van der Waals surface area contributed by atoms with Crippen LogP contribution in [-0.2, 0) is 21.1 Å². The van der Waals surface area contributed by atoms with Gasteiger partial charge >= 0.3 is 274 Å². The minimum atomic E-state index is -5.10. The third-order valence-corrected chi connectivity index (χ3v) is 26.5. The van der Waals surface area contributed by atoms with Crippen LogP contribution in [0, 0.1) is 13.8 Å². The van der Waals surface area contributed by atoms with Crippen molar-refractivity contribution in [3.63, 3.8) is 0 Å². The summed E-state index contributed by atoms with van der Waals surface area (Å²) in [6.07, 6.45) is -9.88. The first kappa shape index (κ1) is 64.7. The molecular formula is C68H54Br2Cl2F6N2O4P2. The second-order valence-electron chi connectivity index (χ2n) is 19.4. The summed E-state index contributed by atoms with van der Waals surface area (Å²) in [7, 11) is -0.446. The summed E-state index contributed by atoms with van der Waals surface area (Å²) in [6, 6.07) is 81.9. The van der Waals surface area contributed by atoms with E-state index in [1.54, 1.807) is 35.6 Å². The molecule has 0 unspecified atom stereocenters. The van der Waals surface area contributed by atoms with Gasteiger partial charge in [0, 0.05) is 11.0 Å². The predicted octanol–water partition coefficient (Wildman–Crippen LogP) is 18.6. The van der Waals surface area contributed by atoms with Gasteiger partial charge in [-0.2, -0.15) is 13.2 Å². The zero-order valence-corrected chi connectivity index (χ0v) is 52.4. The summed E-state index contributed by atoms with van der Waals surface area (Å²) in [5.41, 5.74) is 2.82. The summed E-state index contributed by atoms with van der Waals surface area (Å²) < 4.78 is 89.5. The van der Waals surface area contributed by atoms with Gasteiger partial charge in [0.25, 0.3) is 0 Å². The van der Waals surface area contributed by atoms with E-state index in [-0.39, 0.29) is 44.4 Å². The van der Waals surface area contributed by atoms with Gasteiger partial charge in [-0.3, -0.25) is 4.79 Å². The van der Waals surface area contributed by atoms with Crippen molar-refractivity contribution in [2.75, 3.05) is 10.6 Å². The first-order chi connectivity index (χ1) is 41.1. The number of hydrogen-bond acceptors (Lipinski definition) is 4. The van der Waals surface area contributed by atoms with Gasteiger partial charge in [0.2, 0.25) is 0 Å². The van der Waals surface area contributed by atoms with Gasteiger partial charge in [-0.1, -0.05) is 136 Å². The Morgan fingerprint density at radius 2 is 0.744 bits per heavy atom. The van der Waals surface area contributed by atoms with Gasteiger partial charge in [-0.15, -0.1) is 0 Å². The average Bonchev–Trinajstić information content (AvgIpc) is 1.20. The van der Waals surface area contributed by atoms with Gasteiger partial charge in [-0.05, 0) is 60.6 Å². The Bertz CT molecular complexity index is 3670. The molecule has 0 aliphatic carbocycles. The topological polar surface area (TPSA) is 76.7 Å². The largest absolute Gasteiger partial charge is 0.0622 e. The van der Waals surface area contributed by atoms with Gasteiger partial charge < -0.3 is 10.1 Å². The van der Waals surface area contributed by atoms with Crippen molar-refractivity contribution in [2.45, 2.75) is 37.7 Å². The minimum Gasteiger partial charge on any atom is -0.0622 e. The molecule has 6 nitrogen and oxygen atoms in total. The van der Waals surface area contributed by atoms with E-state index in [1.807, 2.05) is 129 Å². The molecule has 2 amide bonds. The molecule has 0 bridgehead atoms. The molecule has 10 aromatic carbocycles. The van der Waals surface area contributed by atoms with Crippen molar-refractivity contribution < 1.29 is 45.4 Å². The van der Waals surface area contributed by atoms with Crippen LogP contribution in [0.4, 0.5) is 37.7 Å². The number of hydrogen-bond donors (Lipinski definition) is 2. The number of alkyl halides is 7. The van der Waals surface area contributed by atoms with Gasteiger partial charge in [0.15, 0.2) is 0 Å². The Balaban J connectivity index is 0.000000187. The van der Waals surface area contributed by atoms with Crippen molar-refractivity contribution >= 4 is 123 Å². The van der Waals surface area contributed by atoms with E-state index in [9.17, 15) is 35.9 Å². The Kier molecular flexibility index (Phi) is 21.8. The third kappa shape index (κ3) is 16.2. The standard InChI is InChI=1S/C34H27BrClF3NO2P.C18H15P.C16H12BrClF3NO2/c1-24-17-19-26(20-18-24)42-32-21-25(31(22-30(32)36)40-33(41)34(37,38)39)23-43(35,27-11-5-2-6-12-27,28-13-7-3-8-14-28)29-15-9-4-10-16-29;1-4-10-16(11-5-1)19(17-12-6-2-7-13-17)18-14-8-3-9-15-18;1-9-2-4-11(5-3-9)24-14-6-10(8-17)13(7-12(14)18)22-15(23)16(19,20)21/h2-22H,23H2,1H3,(H,40,41);1-15H;2-7H,8H2,1H3,(H,22,23). The number of nitrogens with one attached hydrogen (secondary N) is 2. The van der Waals surface area contributed by atoms with Crippen molar-refractivity contribution in [1.82, 2.24) is 0 Å². The first-order valence-electron chi connectivity index (χ1n) is 26.5. The molecule has 10 rings (SSSR count). The van der Waals surface area contributed by atoms with Gasteiger partial charge in [-0.25, -0.2) is 0 Å². The maximum absolute atomic E-state index is 13.5. The van der Waals surface area contributed by atoms with Crippen LogP contribution >= 0.6 is 67.8 Å². The molecule has 10 aromatic rings. The normalized spacial score (nSPS) is 11.8. The van der Waals surface area contributed by atoms with Crippen LogP contribution in [0.15, 0.2) is 255 Å².